The Balaban J connectivity index is 2.60. The van der Waals surface area contributed by atoms with Gasteiger partial charge in [0.25, 0.3) is 0 Å². The summed E-state index contributed by atoms with van der Waals surface area (Å²) in [7, 11) is 0. The van der Waals surface area contributed by atoms with Crippen LogP contribution in [0.25, 0.3) is 0 Å². The van der Waals surface area contributed by atoms with Gasteiger partial charge in [-0.25, -0.2) is 4.98 Å². The number of alkyl halides is 3. The van der Waals surface area contributed by atoms with E-state index in [4.69, 9.17) is 0 Å². The van der Waals surface area contributed by atoms with Crippen LogP contribution in [-0.2, 0) is 4.79 Å². The summed E-state index contributed by atoms with van der Waals surface area (Å²) >= 11 is 5.46. The Morgan fingerprint density at radius 1 is 1.75 bits per heavy atom. The zero-order chi connectivity index (χ0) is 9.19. The van der Waals surface area contributed by atoms with Gasteiger partial charge in [-0.15, -0.1) is 11.3 Å². The Morgan fingerprint density at radius 3 is 2.83 bits per heavy atom. The third-order valence-electron chi connectivity index (χ3n) is 0.910. The maximum absolute atomic E-state index is 12.0. The molecule has 12 heavy (non-hydrogen) atoms. The van der Waals surface area contributed by atoms with Gasteiger partial charge in [0, 0.05) is 11.6 Å². The van der Waals surface area contributed by atoms with Gasteiger partial charge in [0.15, 0.2) is 5.13 Å². The second-order valence-electron chi connectivity index (χ2n) is 1.79. The average Bonchev–Trinajstić information content (AvgIpc) is 2.37. The van der Waals surface area contributed by atoms with Crippen molar-refractivity contribution in [2.24, 2.45) is 0 Å². The molecule has 7 heteroatoms. The van der Waals surface area contributed by atoms with Crippen LogP contribution in [0, 0.1) is 0 Å². The number of hydrogen-bond donors (Lipinski definition) is 1. The standard InChI is InChI=1S/C5H3ClF2N2OS/c6-5(7,8)3(11)10-4-9-1-2-12-4/h1-2H,(H,9,10,11). The van der Waals surface area contributed by atoms with Gasteiger partial charge in [0.1, 0.15) is 0 Å². The van der Waals surface area contributed by atoms with Gasteiger partial charge in [-0.1, -0.05) is 0 Å². The summed E-state index contributed by atoms with van der Waals surface area (Å²) in [5.41, 5.74) is 0. The van der Waals surface area contributed by atoms with Crippen LogP contribution in [0.3, 0.4) is 0 Å². The number of halogens is 3. The quantitative estimate of drug-likeness (QED) is 0.761. The van der Waals surface area contributed by atoms with Gasteiger partial charge >= 0.3 is 11.3 Å². The average molecular weight is 213 g/mol. The van der Waals surface area contributed by atoms with E-state index in [-0.39, 0.29) is 5.13 Å². The molecule has 1 aromatic heterocycles. The Hall–Kier alpha value is -0.750. The molecular weight excluding hydrogens is 210 g/mol. The van der Waals surface area contributed by atoms with Gasteiger partial charge < -0.3 is 0 Å². The third kappa shape index (κ3) is 2.38. The monoisotopic (exact) mass is 212 g/mol. The molecule has 0 aliphatic heterocycles. The van der Waals surface area contributed by atoms with Crippen molar-refractivity contribution in [2.45, 2.75) is 5.38 Å². The normalized spacial score (nSPS) is 11.2. The molecule has 0 radical (unpaired) electrons. The third-order valence-corrected chi connectivity index (χ3v) is 1.77. The summed E-state index contributed by atoms with van der Waals surface area (Å²) in [4.78, 5) is 14.1. The van der Waals surface area contributed by atoms with Crippen LogP contribution >= 0.6 is 22.9 Å². The van der Waals surface area contributed by atoms with Crippen molar-refractivity contribution < 1.29 is 13.6 Å². The zero-order valence-corrected chi connectivity index (χ0v) is 7.12. The van der Waals surface area contributed by atoms with Crippen LogP contribution in [0.4, 0.5) is 13.9 Å². The topological polar surface area (TPSA) is 42.0 Å². The van der Waals surface area contributed by atoms with Crippen LogP contribution in [-0.4, -0.2) is 16.3 Å². The molecule has 66 valence electrons. The molecule has 3 nitrogen and oxygen atoms in total. The molecule has 0 aromatic carbocycles. The van der Waals surface area contributed by atoms with E-state index in [0.717, 1.165) is 11.3 Å². The van der Waals surface area contributed by atoms with E-state index in [9.17, 15) is 13.6 Å². The van der Waals surface area contributed by atoms with Crippen molar-refractivity contribution >= 4 is 34.0 Å². The highest BCUT2D eigenvalue weighted by molar-refractivity contribution is 7.13. The van der Waals surface area contributed by atoms with E-state index in [1.54, 1.807) is 5.38 Å². The molecule has 0 bridgehead atoms. The number of thiazole rings is 1. The number of amides is 1. The Kier molecular flexibility index (Phi) is 2.58. The summed E-state index contributed by atoms with van der Waals surface area (Å²) in [5.74, 6) is -1.57. The predicted molar refractivity (Wildman–Crippen MR) is 41.5 cm³/mol. The minimum Gasteiger partial charge on any atom is -0.296 e. The number of hydrogen-bond acceptors (Lipinski definition) is 3. The molecule has 1 heterocycles. The van der Waals surface area contributed by atoms with E-state index in [1.807, 2.05) is 5.32 Å². The lowest BCUT2D eigenvalue weighted by Gasteiger charge is -2.05. The van der Waals surface area contributed by atoms with E-state index < -0.39 is 11.3 Å². The van der Waals surface area contributed by atoms with Gasteiger partial charge in [-0.3, -0.25) is 10.1 Å². The second kappa shape index (κ2) is 3.32. The van der Waals surface area contributed by atoms with Crippen LogP contribution in [0.15, 0.2) is 11.6 Å². The maximum atomic E-state index is 12.0. The van der Waals surface area contributed by atoms with Crippen molar-refractivity contribution in [2.75, 3.05) is 5.32 Å². The first kappa shape index (κ1) is 9.34. The van der Waals surface area contributed by atoms with E-state index >= 15 is 0 Å². The number of anilines is 1. The highest BCUT2D eigenvalue weighted by Gasteiger charge is 2.36. The predicted octanol–water partition coefficient (Wildman–Crippen LogP) is 1.91. The lowest BCUT2D eigenvalue weighted by Crippen LogP contribution is -2.28. The fraction of sp³-hybridized carbons (Fsp3) is 0.200. The molecule has 0 unspecified atom stereocenters. The molecule has 1 rings (SSSR count). The fourth-order valence-electron chi connectivity index (χ4n) is 0.453. The molecule has 0 aliphatic carbocycles. The fourth-order valence-corrected chi connectivity index (χ4v) is 1.02. The molecule has 0 aliphatic rings. The Morgan fingerprint density at radius 2 is 2.42 bits per heavy atom. The van der Waals surface area contributed by atoms with Crippen molar-refractivity contribution in [1.29, 1.82) is 0 Å². The van der Waals surface area contributed by atoms with E-state index in [0.29, 0.717) is 0 Å². The van der Waals surface area contributed by atoms with Crippen LogP contribution in [0.5, 0.6) is 0 Å². The number of nitrogens with one attached hydrogen (secondary N) is 1. The molecular formula is C5H3ClF2N2OS. The maximum Gasteiger partial charge on any atom is 0.400 e. The zero-order valence-electron chi connectivity index (χ0n) is 5.55. The number of carbonyl (C=O) groups excluding carboxylic acids is 1. The van der Waals surface area contributed by atoms with Gasteiger partial charge in [-0.2, -0.15) is 8.78 Å². The molecule has 0 fully saturated rings. The van der Waals surface area contributed by atoms with Crippen LogP contribution < -0.4 is 5.32 Å². The Bertz CT molecular complexity index is 271. The first-order valence-electron chi connectivity index (χ1n) is 2.78. The van der Waals surface area contributed by atoms with Gasteiger partial charge in [-0.05, 0) is 11.6 Å². The highest BCUT2D eigenvalue weighted by atomic mass is 35.5. The minimum absolute atomic E-state index is 0.0975. The van der Waals surface area contributed by atoms with Gasteiger partial charge in [0.2, 0.25) is 0 Å². The first-order valence-corrected chi connectivity index (χ1v) is 4.03. The molecule has 1 aromatic rings. The van der Waals surface area contributed by atoms with Gasteiger partial charge in [0.05, 0.1) is 0 Å². The largest absolute Gasteiger partial charge is 0.400 e. The van der Waals surface area contributed by atoms with Crippen LogP contribution in [0.2, 0.25) is 0 Å². The molecule has 0 saturated heterocycles. The lowest BCUT2D eigenvalue weighted by molar-refractivity contribution is -0.130. The number of rotatable bonds is 2. The number of carbonyl (C=O) groups is 1. The highest BCUT2D eigenvalue weighted by Crippen LogP contribution is 2.21. The molecule has 1 amide bonds. The smallest absolute Gasteiger partial charge is 0.296 e. The number of nitrogens with zero attached hydrogens (tertiary/aromatic N) is 1. The molecule has 0 saturated carbocycles. The summed E-state index contributed by atoms with van der Waals surface area (Å²) in [6, 6.07) is 0. The van der Waals surface area contributed by atoms with Crippen molar-refractivity contribution in [3.8, 4) is 0 Å². The minimum atomic E-state index is -3.88. The summed E-state index contributed by atoms with van der Waals surface area (Å²) in [6.07, 6.45) is 1.38. The van der Waals surface area contributed by atoms with E-state index in [1.165, 1.54) is 6.20 Å². The van der Waals surface area contributed by atoms with Crippen molar-refractivity contribution in [3.63, 3.8) is 0 Å². The second-order valence-corrected chi connectivity index (χ2v) is 3.16. The lowest BCUT2D eigenvalue weighted by atomic mass is 10.6. The summed E-state index contributed by atoms with van der Waals surface area (Å²) in [5, 5.41) is -0.394. The van der Waals surface area contributed by atoms with Crippen LogP contribution in [0.1, 0.15) is 0 Å². The summed E-state index contributed by atoms with van der Waals surface area (Å²) < 4.78 is 24.1. The SMILES string of the molecule is O=C(Nc1nccs1)C(F)(F)Cl. The summed E-state index contributed by atoms with van der Waals surface area (Å²) in [6.45, 7) is 0. The van der Waals surface area contributed by atoms with E-state index in [2.05, 4.69) is 16.6 Å². The van der Waals surface area contributed by atoms with Crippen molar-refractivity contribution in [3.05, 3.63) is 11.6 Å². The van der Waals surface area contributed by atoms with Crippen molar-refractivity contribution in [1.82, 2.24) is 4.98 Å². The Labute approximate surface area is 75.4 Å². The molecule has 0 atom stereocenters. The molecule has 1 N–H and O–H groups in total. The number of aromatic nitrogens is 1. The first-order chi connectivity index (χ1) is 5.50. The molecule has 0 spiro atoms.